The summed E-state index contributed by atoms with van der Waals surface area (Å²) in [6.07, 6.45) is 6.71. The lowest BCUT2D eigenvalue weighted by Crippen LogP contribution is -2.23. The minimum atomic E-state index is -0.390. The maximum absolute atomic E-state index is 13.7. The Morgan fingerprint density at radius 3 is 2.58 bits per heavy atom. The maximum Gasteiger partial charge on any atom is 0.263 e. The lowest BCUT2D eigenvalue weighted by atomic mass is 9.98. The molecule has 0 fully saturated rings. The average molecular weight is 530 g/mol. The molecule has 2 aromatic carbocycles. The number of fused-ring (bicyclic) bond motifs is 2. The van der Waals surface area contributed by atoms with E-state index in [1.807, 2.05) is 31.2 Å². The molecule has 8 nitrogen and oxygen atoms in total. The van der Waals surface area contributed by atoms with Crippen molar-refractivity contribution in [3.63, 3.8) is 0 Å². The van der Waals surface area contributed by atoms with Crippen molar-refractivity contribution in [2.75, 3.05) is 5.73 Å². The van der Waals surface area contributed by atoms with Gasteiger partial charge in [0.15, 0.2) is 5.82 Å². The first-order valence-electron chi connectivity index (χ1n) is 11.7. The van der Waals surface area contributed by atoms with Crippen LogP contribution in [-0.4, -0.2) is 19.5 Å². The van der Waals surface area contributed by atoms with Crippen LogP contribution in [0.4, 0.5) is 10.2 Å². The molecule has 0 saturated carbocycles. The highest BCUT2D eigenvalue weighted by atomic mass is 35.5. The summed E-state index contributed by atoms with van der Waals surface area (Å²) in [6.45, 7) is 1.96. The van der Waals surface area contributed by atoms with Gasteiger partial charge in [0.05, 0.1) is 16.6 Å². The first kappa shape index (κ1) is 26.3. The summed E-state index contributed by atoms with van der Waals surface area (Å²) in [7, 11) is 0. The van der Waals surface area contributed by atoms with Crippen LogP contribution in [-0.2, 0) is 6.42 Å². The molecule has 0 radical (unpaired) electrons. The Bertz CT molecular complexity index is 1750. The summed E-state index contributed by atoms with van der Waals surface area (Å²) >= 11 is 5.59. The fraction of sp³-hybridized carbons (Fsp3) is 0.0714. The molecule has 5 rings (SSSR count). The number of halogens is 2. The van der Waals surface area contributed by atoms with Gasteiger partial charge in [-0.2, -0.15) is 4.98 Å². The number of nitrogens with zero attached hydrogens (tertiary/aromatic N) is 4. The number of anilines is 1. The van der Waals surface area contributed by atoms with Crippen LogP contribution in [0.15, 0.2) is 90.1 Å². The Labute approximate surface area is 222 Å². The van der Waals surface area contributed by atoms with Crippen LogP contribution in [0.5, 0.6) is 0 Å². The predicted molar refractivity (Wildman–Crippen MR) is 151 cm³/mol. The van der Waals surface area contributed by atoms with Gasteiger partial charge in [-0.25, -0.2) is 9.37 Å². The Hall–Kier alpha value is -4.76. The normalized spacial score (nSPS) is 11.6. The van der Waals surface area contributed by atoms with Crippen LogP contribution in [0.1, 0.15) is 18.2 Å². The minimum Gasteiger partial charge on any atom is -0.405 e. The SMILES string of the molecule is CCc1cc2cccc(C(/C=C\N)=C/N)c2c(=O)n1-c1cccc(F)c1.Nc1nc(Cl)nc2cccnc12. The van der Waals surface area contributed by atoms with Gasteiger partial charge in [0.1, 0.15) is 11.3 Å². The fourth-order valence-corrected chi connectivity index (χ4v) is 4.30. The zero-order chi connectivity index (χ0) is 27.2. The molecule has 3 aromatic heterocycles. The number of allylic oxidation sites excluding steroid dienone is 2. The van der Waals surface area contributed by atoms with Gasteiger partial charge in [-0.05, 0) is 83.2 Å². The fourth-order valence-electron chi connectivity index (χ4n) is 4.11. The molecule has 3 heterocycles. The highest BCUT2D eigenvalue weighted by Gasteiger charge is 2.15. The summed E-state index contributed by atoms with van der Waals surface area (Å²) in [6, 6.07) is 17.1. The van der Waals surface area contributed by atoms with Gasteiger partial charge in [-0.3, -0.25) is 14.3 Å². The summed E-state index contributed by atoms with van der Waals surface area (Å²) in [5.74, 6) is -0.0796. The van der Waals surface area contributed by atoms with Gasteiger partial charge < -0.3 is 17.2 Å². The smallest absolute Gasteiger partial charge is 0.263 e. The minimum absolute atomic E-state index is 0.146. The maximum atomic E-state index is 13.7. The molecule has 0 aliphatic rings. The van der Waals surface area contributed by atoms with Crippen LogP contribution >= 0.6 is 11.6 Å². The Morgan fingerprint density at radius 1 is 1.08 bits per heavy atom. The summed E-state index contributed by atoms with van der Waals surface area (Å²) < 4.78 is 15.3. The molecule has 6 N–H and O–H groups in total. The van der Waals surface area contributed by atoms with Gasteiger partial charge >= 0.3 is 0 Å². The second-order valence-corrected chi connectivity index (χ2v) is 8.45. The molecule has 0 aliphatic heterocycles. The second-order valence-electron chi connectivity index (χ2n) is 8.11. The molecule has 192 valence electrons. The molecule has 38 heavy (non-hydrogen) atoms. The van der Waals surface area contributed by atoms with Gasteiger partial charge in [0, 0.05) is 18.1 Å². The molecule has 0 amide bonds. The van der Waals surface area contributed by atoms with Gasteiger partial charge in [0.2, 0.25) is 5.28 Å². The summed E-state index contributed by atoms with van der Waals surface area (Å²) in [5.41, 5.74) is 20.5. The highest BCUT2D eigenvalue weighted by Crippen LogP contribution is 2.25. The zero-order valence-electron chi connectivity index (χ0n) is 20.5. The topological polar surface area (TPSA) is 139 Å². The van der Waals surface area contributed by atoms with E-state index in [4.69, 9.17) is 28.8 Å². The standard InChI is InChI=1S/C21H20FN3O.C7H5ClN4/c1-2-17-11-14-5-3-8-19(15(13-24)9-10-23)20(14)21(26)25(17)18-7-4-6-16(22)12-18;8-7-11-4-2-1-3-10-5(4)6(9)12-7/h3-13H,2,23-24H2,1H3;1-3H,(H2,9,11,12)/b10-9-,15-13+;. The van der Waals surface area contributed by atoms with Gasteiger partial charge in [-0.15, -0.1) is 0 Å². The van der Waals surface area contributed by atoms with E-state index < -0.39 is 5.82 Å². The Kier molecular flexibility index (Phi) is 7.98. The van der Waals surface area contributed by atoms with Gasteiger partial charge in [0.25, 0.3) is 5.56 Å². The third kappa shape index (κ3) is 5.33. The van der Waals surface area contributed by atoms with E-state index in [9.17, 15) is 9.18 Å². The van der Waals surface area contributed by atoms with Crippen molar-refractivity contribution in [3.8, 4) is 5.69 Å². The molecule has 0 bridgehead atoms. The lowest BCUT2D eigenvalue weighted by Gasteiger charge is -2.15. The molecule has 0 atom stereocenters. The van der Waals surface area contributed by atoms with E-state index in [1.165, 1.54) is 24.5 Å². The second kappa shape index (κ2) is 11.5. The van der Waals surface area contributed by atoms with E-state index >= 15 is 0 Å². The Morgan fingerprint density at radius 2 is 1.87 bits per heavy atom. The molecular formula is C28H25ClFN7O. The molecule has 0 aliphatic carbocycles. The van der Waals surface area contributed by atoms with Gasteiger partial charge in [-0.1, -0.05) is 31.2 Å². The van der Waals surface area contributed by atoms with Crippen LogP contribution in [0.3, 0.4) is 0 Å². The number of hydrogen-bond donors (Lipinski definition) is 3. The van der Waals surface area contributed by atoms with E-state index in [-0.39, 0.29) is 10.8 Å². The van der Waals surface area contributed by atoms with Crippen molar-refractivity contribution in [1.82, 2.24) is 19.5 Å². The van der Waals surface area contributed by atoms with E-state index in [0.29, 0.717) is 45.5 Å². The Balaban J connectivity index is 0.000000232. The quantitative estimate of drug-likeness (QED) is 0.226. The summed E-state index contributed by atoms with van der Waals surface area (Å²) in [5, 5.41) is 1.47. The number of aromatic nitrogens is 4. The van der Waals surface area contributed by atoms with Crippen LogP contribution in [0, 0.1) is 5.82 Å². The molecule has 0 unspecified atom stereocenters. The number of nitrogens with two attached hydrogens (primary N) is 3. The molecule has 10 heteroatoms. The van der Waals surface area contributed by atoms with E-state index in [2.05, 4.69) is 15.0 Å². The van der Waals surface area contributed by atoms with Crippen molar-refractivity contribution in [1.29, 1.82) is 0 Å². The number of hydrogen-bond acceptors (Lipinski definition) is 7. The number of rotatable bonds is 4. The van der Waals surface area contributed by atoms with E-state index in [0.717, 1.165) is 11.1 Å². The van der Waals surface area contributed by atoms with Crippen molar-refractivity contribution in [2.24, 2.45) is 11.5 Å². The first-order chi connectivity index (χ1) is 18.4. The zero-order valence-corrected chi connectivity index (χ0v) is 21.2. The number of pyridine rings is 2. The molecule has 0 saturated heterocycles. The lowest BCUT2D eigenvalue weighted by molar-refractivity contribution is 0.626. The monoisotopic (exact) mass is 529 g/mol. The molecule has 0 spiro atoms. The van der Waals surface area contributed by atoms with Crippen LogP contribution in [0.25, 0.3) is 33.1 Å². The average Bonchev–Trinajstić information content (AvgIpc) is 2.91. The predicted octanol–water partition coefficient (Wildman–Crippen LogP) is 4.72. The van der Waals surface area contributed by atoms with Crippen LogP contribution in [0.2, 0.25) is 5.28 Å². The summed E-state index contributed by atoms with van der Waals surface area (Å²) in [4.78, 5) is 25.1. The third-order valence-electron chi connectivity index (χ3n) is 5.77. The van der Waals surface area contributed by atoms with Crippen molar-refractivity contribution < 1.29 is 4.39 Å². The van der Waals surface area contributed by atoms with Crippen molar-refractivity contribution in [2.45, 2.75) is 13.3 Å². The first-order valence-corrected chi connectivity index (χ1v) is 12.0. The van der Waals surface area contributed by atoms with Crippen molar-refractivity contribution >= 4 is 44.8 Å². The van der Waals surface area contributed by atoms with Crippen molar-refractivity contribution in [3.05, 3.63) is 118 Å². The van der Waals surface area contributed by atoms with E-state index in [1.54, 1.807) is 41.1 Å². The highest BCUT2D eigenvalue weighted by molar-refractivity contribution is 6.28. The largest absolute Gasteiger partial charge is 0.405 e. The third-order valence-corrected chi connectivity index (χ3v) is 5.94. The number of benzene rings is 2. The number of aryl methyl sites for hydroxylation is 1. The number of nitrogen functional groups attached to an aromatic ring is 1. The van der Waals surface area contributed by atoms with Crippen LogP contribution < -0.4 is 22.8 Å². The molecular weight excluding hydrogens is 505 g/mol. The molecule has 5 aromatic rings.